The molecule has 1 rings (SSSR count). The zero-order valence-electron chi connectivity index (χ0n) is 11.1. The highest BCUT2D eigenvalue weighted by Crippen LogP contribution is 2.34. The van der Waals surface area contributed by atoms with Crippen LogP contribution in [0.25, 0.3) is 0 Å². The predicted molar refractivity (Wildman–Crippen MR) is 65.4 cm³/mol. The van der Waals surface area contributed by atoms with Crippen LogP contribution in [0.4, 0.5) is 17.6 Å². The number of allylic oxidation sites excluding steroid dienone is 4. The molecule has 0 fully saturated rings. The molecule has 0 N–H and O–H groups in total. The summed E-state index contributed by atoms with van der Waals surface area (Å²) in [6.45, 7) is 3.00. The number of alkyl halides is 4. The first-order chi connectivity index (χ1) is 8.74. The molecule has 0 aliphatic heterocycles. The van der Waals surface area contributed by atoms with Crippen molar-refractivity contribution in [2.75, 3.05) is 6.67 Å². The van der Waals surface area contributed by atoms with Crippen molar-refractivity contribution in [3.8, 4) is 0 Å². The zero-order valence-corrected chi connectivity index (χ0v) is 11.1. The average molecular weight is 278 g/mol. The second kappa shape index (κ2) is 6.35. The maximum Gasteiger partial charge on any atom is 0.416 e. The molecule has 1 nitrogen and oxygen atoms in total. The second-order valence-corrected chi connectivity index (χ2v) is 5.26. The van der Waals surface area contributed by atoms with Gasteiger partial charge in [-0.05, 0) is 30.4 Å². The van der Waals surface area contributed by atoms with Crippen LogP contribution in [0.15, 0.2) is 23.3 Å². The Morgan fingerprint density at radius 2 is 2.05 bits per heavy atom. The summed E-state index contributed by atoms with van der Waals surface area (Å²) in [5.74, 6) is -0.843. The van der Waals surface area contributed by atoms with E-state index in [1.807, 2.05) is 13.8 Å². The average Bonchev–Trinajstić information content (AvgIpc) is 2.34. The topological polar surface area (TPSA) is 17.1 Å². The number of hydrogen-bond acceptors (Lipinski definition) is 1. The van der Waals surface area contributed by atoms with Gasteiger partial charge < -0.3 is 0 Å². The van der Waals surface area contributed by atoms with Gasteiger partial charge in [-0.15, -0.1) is 0 Å². The van der Waals surface area contributed by atoms with Crippen LogP contribution in [0.1, 0.15) is 33.1 Å². The van der Waals surface area contributed by atoms with Gasteiger partial charge in [0.05, 0.1) is 12.2 Å². The van der Waals surface area contributed by atoms with Gasteiger partial charge in [0.25, 0.3) is 0 Å². The molecule has 0 spiro atoms. The van der Waals surface area contributed by atoms with Crippen LogP contribution >= 0.6 is 0 Å². The van der Waals surface area contributed by atoms with Crippen molar-refractivity contribution < 1.29 is 22.4 Å². The van der Waals surface area contributed by atoms with E-state index in [-0.39, 0.29) is 24.2 Å². The van der Waals surface area contributed by atoms with Gasteiger partial charge in [0, 0.05) is 12.3 Å². The van der Waals surface area contributed by atoms with E-state index in [0.29, 0.717) is 12.3 Å². The Kier molecular flexibility index (Phi) is 5.32. The molecular formula is C14H18F4O. The number of carbonyl (C=O) groups excluding carboxylic acids is 1. The number of rotatable bonds is 5. The third-order valence-electron chi connectivity index (χ3n) is 3.06. The normalized spacial score (nSPS) is 20.3. The summed E-state index contributed by atoms with van der Waals surface area (Å²) in [6, 6.07) is 0. The maximum absolute atomic E-state index is 12.7. The molecule has 1 aliphatic rings. The molecule has 0 aromatic heterocycles. The van der Waals surface area contributed by atoms with Crippen molar-refractivity contribution in [2.45, 2.75) is 39.3 Å². The Balaban J connectivity index is 2.86. The van der Waals surface area contributed by atoms with Crippen LogP contribution in [0.5, 0.6) is 0 Å². The zero-order chi connectivity index (χ0) is 14.6. The molecular weight excluding hydrogens is 260 g/mol. The standard InChI is InChI=1S/C14H18F4O/c1-9(2)3-4-13(19)11-5-10(8-15)6-12(7-11)14(16,17)18/h6-7,9-10H,3-5,8H2,1-2H3. The Morgan fingerprint density at radius 3 is 2.53 bits per heavy atom. The van der Waals surface area contributed by atoms with Gasteiger partial charge in [-0.2, -0.15) is 13.2 Å². The Labute approximate surface area is 110 Å². The first kappa shape index (κ1) is 15.9. The van der Waals surface area contributed by atoms with E-state index in [1.54, 1.807) is 0 Å². The van der Waals surface area contributed by atoms with Gasteiger partial charge in [0.2, 0.25) is 0 Å². The predicted octanol–water partition coefficient (Wildman–Crippen LogP) is 4.40. The van der Waals surface area contributed by atoms with Crippen LogP contribution in [0.3, 0.4) is 0 Å². The van der Waals surface area contributed by atoms with Crippen molar-refractivity contribution in [3.63, 3.8) is 0 Å². The van der Waals surface area contributed by atoms with Gasteiger partial charge in [-0.25, -0.2) is 0 Å². The molecule has 0 heterocycles. The van der Waals surface area contributed by atoms with Crippen LogP contribution in [-0.2, 0) is 4.79 Å². The number of Topliss-reactive ketones (excluding diaryl/α,β-unsaturated/α-hetero) is 1. The molecule has 0 amide bonds. The van der Waals surface area contributed by atoms with Crippen molar-refractivity contribution in [1.29, 1.82) is 0 Å². The fourth-order valence-corrected chi connectivity index (χ4v) is 1.94. The summed E-state index contributed by atoms with van der Waals surface area (Å²) in [5, 5.41) is 0. The Bertz CT molecular complexity index is 391. The molecule has 0 aromatic rings. The first-order valence-electron chi connectivity index (χ1n) is 6.32. The smallest absolute Gasteiger partial charge is 0.295 e. The number of ketones is 1. The van der Waals surface area contributed by atoms with Crippen LogP contribution < -0.4 is 0 Å². The van der Waals surface area contributed by atoms with Gasteiger partial charge in [0.1, 0.15) is 0 Å². The van der Waals surface area contributed by atoms with Gasteiger partial charge in [0.15, 0.2) is 5.78 Å². The maximum atomic E-state index is 12.7. The molecule has 0 saturated heterocycles. The van der Waals surface area contributed by atoms with E-state index >= 15 is 0 Å². The fourth-order valence-electron chi connectivity index (χ4n) is 1.94. The fraction of sp³-hybridized carbons (Fsp3) is 0.643. The Morgan fingerprint density at radius 1 is 1.42 bits per heavy atom. The Hall–Kier alpha value is -1.13. The highest BCUT2D eigenvalue weighted by atomic mass is 19.4. The van der Waals surface area contributed by atoms with E-state index < -0.39 is 24.3 Å². The molecule has 0 radical (unpaired) electrons. The lowest BCUT2D eigenvalue weighted by atomic mass is 9.87. The van der Waals surface area contributed by atoms with Gasteiger partial charge in [-0.1, -0.05) is 19.9 Å². The minimum Gasteiger partial charge on any atom is -0.295 e. The van der Waals surface area contributed by atoms with Crippen molar-refractivity contribution in [2.24, 2.45) is 11.8 Å². The summed E-state index contributed by atoms with van der Waals surface area (Å²) in [6.07, 6.45) is -1.88. The van der Waals surface area contributed by atoms with E-state index in [2.05, 4.69) is 0 Å². The lowest BCUT2D eigenvalue weighted by molar-refractivity contribution is -0.116. The molecule has 19 heavy (non-hydrogen) atoms. The molecule has 1 aliphatic carbocycles. The lowest BCUT2D eigenvalue weighted by Gasteiger charge is -2.20. The molecule has 1 atom stereocenters. The van der Waals surface area contributed by atoms with Crippen molar-refractivity contribution in [1.82, 2.24) is 0 Å². The largest absolute Gasteiger partial charge is 0.416 e. The van der Waals surface area contributed by atoms with Crippen LogP contribution in [-0.4, -0.2) is 18.6 Å². The quantitative estimate of drug-likeness (QED) is 0.681. The van der Waals surface area contributed by atoms with Crippen LogP contribution in [0, 0.1) is 11.8 Å². The summed E-state index contributed by atoms with van der Waals surface area (Å²) in [7, 11) is 0. The van der Waals surface area contributed by atoms with E-state index in [1.165, 1.54) is 0 Å². The van der Waals surface area contributed by atoms with E-state index in [4.69, 9.17) is 0 Å². The second-order valence-electron chi connectivity index (χ2n) is 5.26. The monoisotopic (exact) mass is 278 g/mol. The van der Waals surface area contributed by atoms with E-state index in [9.17, 15) is 22.4 Å². The highest BCUT2D eigenvalue weighted by molar-refractivity contribution is 5.96. The van der Waals surface area contributed by atoms with Gasteiger partial charge >= 0.3 is 6.18 Å². The molecule has 0 aromatic carbocycles. The van der Waals surface area contributed by atoms with Crippen molar-refractivity contribution in [3.05, 3.63) is 23.3 Å². The summed E-state index contributed by atoms with van der Waals surface area (Å²) >= 11 is 0. The summed E-state index contributed by atoms with van der Waals surface area (Å²) < 4.78 is 50.6. The van der Waals surface area contributed by atoms with Crippen molar-refractivity contribution >= 4 is 5.78 Å². The minimum atomic E-state index is -4.53. The summed E-state index contributed by atoms with van der Waals surface area (Å²) in [4.78, 5) is 11.9. The molecule has 0 saturated carbocycles. The van der Waals surface area contributed by atoms with Crippen LogP contribution in [0.2, 0.25) is 0 Å². The number of carbonyl (C=O) groups is 1. The third-order valence-corrected chi connectivity index (χ3v) is 3.06. The minimum absolute atomic E-state index is 0.0625. The van der Waals surface area contributed by atoms with E-state index in [0.717, 1.165) is 12.2 Å². The number of hydrogen-bond donors (Lipinski definition) is 0. The molecule has 0 bridgehead atoms. The lowest BCUT2D eigenvalue weighted by Crippen LogP contribution is -2.20. The molecule has 108 valence electrons. The SMILES string of the molecule is CC(C)CCC(=O)C1=CC(C(F)(F)F)=CC(CF)C1. The van der Waals surface area contributed by atoms with Gasteiger partial charge in [-0.3, -0.25) is 9.18 Å². The molecule has 1 unspecified atom stereocenters. The molecule has 5 heteroatoms. The highest BCUT2D eigenvalue weighted by Gasteiger charge is 2.35. The third kappa shape index (κ3) is 4.80. The first-order valence-corrected chi connectivity index (χ1v) is 6.32. The number of halogens is 4. The summed E-state index contributed by atoms with van der Waals surface area (Å²) in [5.41, 5.74) is -0.813.